The Morgan fingerprint density at radius 1 is 1.14 bits per heavy atom. The first-order chi connectivity index (χ1) is 17.4. The number of halogens is 1. The zero-order valence-corrected chi connectivity index (χ0v) is 21.3. The first-order valence-corrected chi connectivity index (χ1v) is 12.7. The Morgan fingerprint density at radius 3 is 2.67 bits per heavy atom. The lowest BCUT2D eigenvalue weighted by Gasteiger charge is -2.39. The zero-order chi connectivity index (χ0) is 25.2. The van der Waals surface area contributed by atoms with Crippen LogP contribution in [0.15, 0.2) is 42.5 Å². The predicted octanol–water partition coefficient (Wildman–Crippen LogP) is 3.43. The van der Waals surface area contributed by atoms with Gasteiger partial charge in [0.15, 0.2) is 5.82 Å². The summed E-state index contributed by atoms with van der Waals surface area (Å²) in [4.78, 5) is 30.3. The Morgan fingerprint density at radius 2 is 1.94 bits per heavy atom. The summed E-state index contributed by atoms with van der Waals surface area (Å²) in [5.74, 6) is 0.540. The van der Waals surface area contributed by atoms with Gasteiger partial charge < -0.3 is 10.2 Å². The Kier molecular flexibility index (Phi) is 7.02. The number of carbonyl (C=O) groups excluding carboxylic acids is 2. The monoisotopic (exact) mass is 507 g/mol. The summed E-state index contributed by atoms with van der Waals surface area (Å²) >= 11 is 6.16. The molecule has 188 valence electrons. The van der Waals surface area contributed by atoms with Crippen molar-refractivity contribution in [3.8, 4) is 11.4 Å². The van der Waals surface area contributed by atoms with Gasteiger partial charge in [0.2, 0.25) is 11.8 Å². The number of tetrazole rings is 1. The lowest BCUT2D eigenvalue weighted by molar-refractivity contribution is -0.136. The van der Waals surface area contributed by atoms with Crippen molar-refractivity contribution < 1.29 is 9.59 Å². The third kappa shape index (κ3) is 5.12. The van der Waals surface area contributed by atoms with Crippen LogP contribution in [0, 0.1) is 6.92 Å². The number of benzene rings is 2. The van der Waals surface area contributed by atoms with Crippen LogP contribution in [0.5, 0.6) is 0 Å². The zero-order valence-electron chi connectivity index (χ0n) is 20.5. The average molecular weight is 508 g/mol. The van der Waals surface area contributed by atoms with Crippen LogP contribution in [-0.2, 0) is 23.2 Å². The average Bonchev–Trinajstić information content (AvgIpc) is 3.47. The van der Waals surface area contributed by atoms with E-state index in [0.717, 1.165) is 48.6 Å². The number of carbonyl (C=O) groups is 2. The van der Waals surface area contributed by atoms with Crippen molar-refractivity contribution in [1.29, 1.82) is 0 Å². The molecule has 36 heavy (non-hydrogen) atoms. The lowest BCUT2D eigenvalue weighted by Crippen LogP contribution is -2.51. The molecule has 2 amide bonds. The highest BCUT2D eigenvalue weighted by Crippen LogP contribution is 2.29. The number of aryl methyl sites for hydroxylation is 2. The van der Waals surface area contributed by atoms with Crippen LogP contribution >= 0.6 is 11.6 Å². The molecular weight excluding hydrogens is 478 g/mol. The van der Waals surface area contributed by atoms with Gasteiger partial charge in [-0.1, -0.05) is 35.9 Å². The summed E-state index contributed by atoms with van der Waals surface area (Å²) in [5, 5.41) is 15.4. The van der Waals surface area contributed by atoms with Crippen molar-refractivity contribution in [2.24, 2.45) is 7.05 Å². The molecule has 10 heteroatoms. The minimum Gasteiger partial charge on any atom is -0.328 e. The van der Waals surface area contributed by atoms with E-state index in [2.05, 4.69) is 37.9 Å². The third-order valence-corrected chi connectivity index (χ3v) is 7.57. The van der Waals surface area contributed by atoms with Crippen LogP contribution in [-0.4, -0.2) is 67.0 Å². The van der Waals surface area contributed by atoms with Crippen LogP contribution in [0.2, 0.25) is 5.02 Å². The molecule has 3 aromatic rings. The van der Waals surface area contributed by atoms with E-state index in [1.807, 2.05) is 42.2 Å². The van der Waals surface area contributed by atoms with E-state index >= 15 is 0 Å². The summed E-state index contributed by atoms with van der Waals surface area (Å²) in [6, 6.07) is 13.2. The van der Waals surface area contributed by atoms with Gasteiger partial charge in [0.25, 0.3) is 0 Å². The quantitative estimate of drug-likeness (QED) is 0.549. The summed E-state index contributed by atoms with van der Waals surface area (Å²) in [6.45, 7) is 4.65. The normalized spacial score (nSPS) is 19.1. The van der Waals surface area contributed by atoms with Gasteiger partial charge in [-0.3, -0.25) is 14.5 Å². The number of hydrogen-bond donors (Lipinski definition) is 1. The van der Waals surface area contributed by atoms with Crippen LogP contribution in [0.25, 0.3) is 11.4 Å². The van der Waals surface area contributed by atoms with Crippen molar-refractivity contribution in [3.63, 3.8) is 0 Å². The second kappa shape index (κ2) is 10.4. The molecule has 1 aromatic heterocycles. The van der Waals surface area contributed by atoms with E-state index < -0.39 is 6.04 Å². The molecule has 0 radical (unpaired) electrons. The Balaban J connectivity index is 1.21. The smallest absolute Gasteiger partial charge is 0.247 e. The highest BCUT2D eigenvalue weighted by Gasteiger charge is 2.41. The maximum atomic E-state index is 13.3. The Bertz CT molecular complexity index is 1270. The second-order valence-corrected chi connectivity index (χ2v) is 10.0. The molecular formula is C26H30ClN7O2. The molecule has 2 aromatic carbocycles. The molecule has 0 spiro atoms. The van der Waals surface area contributed by atoms with E-state index in [1.54, 1.807) is 11.7 Å². The Hall–Kier alpha value is -3.30. The number of nitrogens with zero attached hydrogens (tertiary/aromatic N) is 6. The highest BCUT2D eigenvalue weighted by atomic mass is 35.5. The molecule has 2 fully saturated rings. The molecule has 2 saturated heterocycles. The predicted molar refractivity (Wildman–Crippen MR) is 137 cm³/mol. The van der Waals surface area contributed by atoms with Crippen LogP contribution in [0.3, 0.4) is 0 Å². The van der Waals surface area contributed by atoms with Gasteiger partial charge in [-0.2, -0.15) is 0 Å². The number of amides is 2. The summed E-state index contributed by atoms with van der Waals surface area (Å²) in [6.07, 6.45) is 2.67. The summed E-state index contributed by atoms with van der Waals surface area (Å²) in [5.41, 5.74) is 3.79. The number of likely N-dealkylation sites (tertiary alicyclic amines) is 2. The van der Waals surface area contributed by atoms with Crippen LogP contribution in [0.4, 0.5) is 5.69 Å². The molecule has 5 rings (SSSR count). The fraction of sp³-hybridized carbons (Fsp3) is 0.423. The third-order valence-electron chi connectivity index (χ3n) is 7.15. The van der Waals surface area contributed by atoms with Crippen molar-refractivity contribution in [3.05, 3.63) is 58.6 Å². The Labute approximate surface area is 215 Å². The lowest BCUT2D eigenvalue weighted by atomic mass is 10.0. The first kappa shape index (κ1) is 24.4. The van der Waals surface area contributed by atoms with E-state index in [1.165, 1.54) is 5.56 Å². The molecule has 2 aliphatic heterocycles. The van der Waals surface area contributed by atoms with Gasteiger partial charge in [0.1, 0.15) is 6.04 Å². The number of rotatable bonds is 6. The maximum Gasteiger partial charge on any atom is 0.247 e. The second-order valence-electron chi connectivity index (χ2n) is 9.64. The van der Waals surface area contributed by atoms with Crippen molar-refractivity contribution in [1.82, 2.24) is 30.0 Å². The minimum atomic E-state index is -0.451. The fourth-order valence-corrected chi connectivity index (χ4v) is 5.39. The van der Waals surface area contributed by atoms with Gasteiger partial charge >= 0.3 is 0 Å². The molecule has 1 unspecified atom stereocenters. The van der Waals surface area contributed by atoms with E-state index in [0.29, 0.717) is 24.4 Å². The van der Waals surface area contributed by atoms with Gasteiger partial charge in [0, 0.05) is 55.4 Å². The van der Waals surface area contributed by atoms with E-state index in [-0.39, 0.29) is 17.9 Å². The molecule has 0 aliphatic carbocycles. The maximum absolute atomic E-state index is 13.3. The topological polar surface area (TPSA) is 96.2 Å². The molecule has 2 aliphatic rings. The molecule has 1 N–H and O–H groups in total. The number of anilines is 1. The van der Waals surface area contributed by atoms with Crippen LogP contribution < -0.4 is 5.32 Å². The fourth-order valence-electron chi connectivity index (χ4n) is 5.27. The van der Waals surface area contributed by atoms with Crippen LogP contribution in [0.1, 0.15) is 36.8 Å². The summed E-state index contributed by atoms with van der Waals surface area (Å²) in [7, 11) is 1.77. The van der Waals surface area contributed by atoms with Crippen molar-refractivity contribution in [2.75, 3.05) is 18.4 Å². The van der Waals surface area contributed by atoms with Gasteiger partial charge in [0.05, 0.1) is 0 Å². The molecule has 9 nitrogen and oxygen atoms in total. The van der Waals surface area contributed by atoms with Gasteiger partial charge in [-0.25, -0.2) is 4.68 Å². The number of aromatic nitrogens is 4. The first-order valence-electron chi connectivity index (χ1n) is 12.3. The van der Waals surface area contributed by atoms with Gasteiger partial charge in [-0.15, -0.1) is 5.10 Å². The van der Waals surface area contributed by atoms with E-state index in [9.17, 15) is 9.59 Å². The number of hydrogen-bond acceptors (Lipinski definition) is 6. The van der Waals surface area contributed by atoms with Crippen molar-refractivity contribution in [2.45, 2.75) is 51.2 Å². The van der Waals surface area contributed by atoms with Gasteiger partial charge in [-0.05, 0) is 65.9 Å². The molecule has 3 heterocycles. The molecule has 0 saturated carbocycles. The molecule has 1 atom stereocenters. The summed E-state index contributed by atoms with van der Waals surface area (Å²) < 4.78 is 1.58. The van der Waals surface area contributed by atoms with E-state index in [4.69, 9.17) is 11.6 Å². The minimum absolute atomic E-state index is 0.0702. The van der Waals surface area contributed by atoms with Crippen molar-refractivity contribution >= 4 is 29.1 Å². The SMILES string of the molecule is Cc1cc(CN2CCC(N3C(=O)CCC3C(=O)Nc3cccc(-c4nnnn4C)c3)CC2)ccc1Cl. The number of piperidine rings is 1. The molecule has 0 bridgehead atoms. The largest absolute Gasteiger partial charge is 0.328 e. The highest BCUT2D eigenvalue weighted by molar-refractivity contribution is 6.31. The standard InChI is InChI=1S/C26H30ClN7O2/c1-17-14-18(6-7-22(17)27)16-33-12-10-21(11-13-33)34-23(8-9-24(34)35)26(36)28-20-5-3-4-19(15-20)25-29-30-31-32(25)2/h3-7,14-15,21,23H,8-13,16H2,1-2H3,(H,28,36). The number of nitrogens with one attached hydrogen (secondary N) is 1.